The molecule has 1 aliphatic heterocycles. The average Bonchev–Trinajstić information content (AvgIpc) is 3.56. The zero-order chi connectivity index (χ0) is 21.2. The van der Waals surface area contributed by atoms with E-state index in [9.17, 15) is 0 Å². The number of nitrogens with one attached hydrogen (secondary N) is 1. The number of H-pyrrole nitrogens is 1. The summed E-state index contributed by atoms with van der Waals surface area (Å²) in [5.74, 6) is 2.45. The lowest BCUT2D eigenvalue weighted by Gasteiger charge is -2.24. The minimum absolute atomic E-state index is 0.189. The van der Waals surface area contributed by atoms with Crippen molar-refractivity contribution in [3.05, 3.63) is 22.9 Å². The Labute approximate surface area is 190 Å². The minimum Gasteiger partial charge on any atom is -0.376 e. The van der Waals surface area contributed by atoms with Crippen molar-refractivity contribution in [1.29, 1.82) is 0 Å². The van der Waals surface area contributed by atoms with Crippen molar-refractivity contribution in [2.45, 2.75) is 74.5 Å². The molecular formula is C20H28N8OS2. The van der Waals surface area contributed by atoms with Crippen LogP contribution in [0.25, 0.3) is 11.5 Å². The van der Waals surface area contributed by atoms with E-state index in [0.717, 1.165) is 53.3 Å². The van der Waals surface area contributed by atoms with E-state index in [1.54, 1.807) is 16.4 Å². The van der Waals surface area contributed by atoms with E-state index in [0.29, 0.717) is 11.8 Å². The van der Waals surface area contributed by atoms with Crippen LogP contribution >= 0.6 is 24.0 Å². The lowest BCUT2D eigenvalue weighted by molar-refractivity contribution is 0.0953. The van der Waals surface area contributed by atoms with Crippen LogP contribution in [0.1, 0.15) is 56.8 Å². The van der Waals surface area contributed by atoms with Gasteiger partial charge in [-0.1, -0.05) is 31.0 Å². The van der Waals surface area contributed by atoms with Crippen molar-refractivity contribution in [2.24, 2.45) is 7.05 Å². The smallest absolute Gasteiger partial charge is 0.195 e. The largest absolute Gasteiger partial charge is 0.376 e. The molecule has 0 radical (unpaired) electrons. The van der Waals surface area contributed by atoms with E-state index in [2.05, 4.69) is 34.6 Å². The Morgan fingerprint density at radius 1 is 1.19 bits per heavy atom. The third kappa shape index (κ3) is 4.49. The monoisotopic (exact) mass is 460 g/mol. The van der Waals surface area contributed by atoms with Gasteiger partial charge in [0.15, 0.2) is 15.8 Å². The molecule has 1 N–H and O–H groups in total. The third-order valence-electron chi connectivity index (χ3n) is 6.12. The summed E-state index contributed by atoms with van der Waals surface area (Å²) in [7, 11) is 1.91. The Balaban J connectivity index is 1.39. The van der Waals surface area contributed by atoms with Crippen molar-refractivity contribution in [3.8, 4) is 11.5 Å². The van der Waals surface area contributed by atoms with Gasteiger partial charge in [0.25, 0.3) is 0 Å². The van der Waals surface area contributed by atoms with Crippen LogP contribution < -0.4 is 0 Å². The second-order valence-corrected chi connectivity index (χ2v) is 9.65. The fourth-order valence-electron chi connectivity index (χ4n) is 4.56. The second kappa shape index (κ2) is 9.25. The van der Waals surface area contributed by atoms with Crippen LogP contribution in [-0.2, 0) is 24.1 Å². The lowest BCUT2D eigenvalue weighted by atomic mass is 9.95. The van der Waals surface area contributed by atoms with Crippen LogP contribution in [0.3, 0.4) is 0 Å². The summed E-state index contributed by atoms with van der Waals surface area (Å²) in [6, 6.07) is 2.42. The van der Waals surface area contributed by atoms with Gasteiger partial charge in [-0.15, -0.1) is 10.2 Å². The van der Waals surface area contributed by atoms with E-state index >= 15 is 0 Å². The van der Waals surface area contributed by atoms with Crippen molar-refractivity contribution in [3.63, 3.8) is 0 Å². The Bertz CT molecular complexity index is 1070. The molecule has 1 atom stereocenters. The number of ether oxygens (including phenoxy) is 1. The van der Waals surface area contributed by atoms with Crippen LogP contribution in [0.15, 0.2) is 17.4 Å². The summed E-state index contributed by atoms with van der Waals surface area (Å²) < 4.78 is 12.8. The SMILES string of the molecule is Cn1ccc(-c2nnc(SCc3n[nH]c(=S)n3C3CCCCC3)n2C[C@H]2CCCO2)n1. The van der Waals surface area contributed by atoms with Crippen molar-refractivity contribution >= 4 is 24.0 Å². The molecule has 1 aliphatic carbocycles. The third-order valence-corrected chi connectivity index (χ3v) is 7.37. The molecule has 4 heterocycles. The van der Waals surface area contributed by atoms with E-state index in [1.807, 2.05) is 19.3 Å². The summed E-state index contributed by atoms with van der Waals surface area (Å²) in [5.41, 5.74) is 0.824. The molecule has 1 saturated carbocycles. The fraction of sp³-hybridized carbons (Fsp3) is 0.650. The van der Waals surface area contributed by atoms with Gasteiger partial charge in [0.1, 0.15) is 11.5 Å². The predicted octanol–water partition coefficient (Wildman–Crippen LogP) is 3.91. The molecule has 166 valence electrons. The first kappa shape index (κ1) is 20.9. The van der Waals surface area contributed by atoms with Crippen LogP contribution in [0.4, 0.5) is 0 Å². The molecule has 0 unspecified atom stereocenters. The van der Waals surface area contributed by atoms with Gasteiger partial charge in [-0.2, -0.15) is 10.2 Å². The predicted molar refractivity (Wildman–Crippen MR) is 120 cm³/mol. The maximum Gasteiger partial charge on any atom is 0.195 e. The number of nitrogens with zero attached hydrogens (tertiary/aromatic N) is 7. The van der Waals surface area contributed by atoms with Gasteiger partial charge < -0.3 is 9.30 Å². The normalized spacial score (nSPS) is 20.0. The van der Waals surface area contributed by atoms with Crippen LogP contribution in [0, 0.1) is 4.77 Å². The molecule has 31 heavy (non-hydrogen) atoms. The van der Waals surface area contributed by atoms with Gasteiger partial charge in [0.05, 0.1) is 18.4 Å². The highest BCUT2D eigenvalue weighted by Crippen LogP contribution is 2.32. The number of hydrogen-bond donors (Lipinski definition) is 1. The molecule has 3 aromatic heterocycles. The molecule has 0 amide bonds. The number of aryl methyl sites for hydroxylation is 1. The summed E-state index contributed by atoms with van der Waals surface area (Å²) in [5, 5.41) is 21.9. The summed E-state index contributed by atoms with van der Waals surface area (Å²) in [6.07, 6.45) is 10.4. The molecular weight excluding hydrogens is 432 g/mol. The van der Waals surface area contributed by atoms with Crippen molar-refractivity contribution in [2.75, 3.05) is 6.61 Å². The van der Waals surface area contributed by atoms with Gasteiger partial charge in [0.2, 0.25) is 0 Å². The molecule has 3 aromatic rings. The summed E-state index contributed by atoms with van der Waals surface area (Å²) in [4.78, 5) is 0. The Morgan fingerprint density at radius 3 is 2.81 bits per heavy atom. The highest BCUT2D eigenvalue weighted by molar-refractivity contribution is 7.98. The highest BCUT2D eigenvalue weighted by atomic mass is 32.2. The van der Waals surface area contributed by atoms with Gasteiger partial charge >= 0.3 is 0 Å². The van der Waals surface area contributed by atoms with Crippen LogP contribution in [0.2, 0.25) is 0 Å². The number of rotatable bonds is 7. The average molecular weight is 461 g/mol. The Hall–Kier alpha value is -1.98. The molecule has 9 nitrogen and oxygen atoms in total. The zero-order valence-electron chi connectivity index (χ0n) is 17.7. The number of aromatic amines is 1. The number of hydrogen-bond acceptors (Lipinski definition) is 7. The Kier molecular flexibility index (Phi) is 6.24. The van der Waals surface area contributed by atoms with Crippen molar-refractivity contribution in [1.82, 2.24) is 39.3 Å². The second-order valence-electron chi connectivity index (χ2n) is 8.32. The first-order chi connectivity index (χ1) is 15.2. The molecule has 0 bridgehead atoms. The van der Waals surface area contributed by atoms with E-state index in [1.165, 1.54) is 32.1 Å². The molecule has 0 spiro atoms. The van der Waals surface area contributed by atoms with Crippen LogP contribution in [-0.4, -0.2) is 52.0 Å². The summed E-state index contributed by atoms with van der Waals surface area (Å²) >= 11 is 7.20. The highest BCUT2D eigenvalue weighted by Gasteiger charge is 2.24. The van der Waals surface area contributed by atoms with Crippen molar-refractivity contribution < 1.29 is 4.74 Å². The molecule has 0 aromatic carbocycles. The number of thioether (sulfide) groups is 1. The minimum atomic E-state index is 0.189. The molecule has 11 heteroatoms. The van der Waals surface area contributed by atoms with E-state index in [-0.39, 0.29) is 6.10 Å². The quantitative estimate of drug-likeness (QED) is 0.422. The fourth-order valence-corrected chi connectivity index (χ4v) is 5.74. The topological polar surface area (TPSA) is 91.4 Å². The van der Waals surface area contributed by atoms with Gasteiger partial charge in [-0.25, -0.2) is 0 Å². The first-order valence-corrected chi connectivity index (χ1v) is 12.4. The van der Waals surface area contributed by atoms with E-state index in [4.69, 9.17) is 17.0 Å². The van der Waals surface area contributed by atoms with Gasteiger partial charge in [0, 0.05) is 25.9 Å². The maximum atomic E-state index is 5.90. The zero-order valence-corrected chi connectivity index (χ0v) is 19.4. The van der Waals surface area contributed by atoms with E-state index < -0.39 is 0 Å². The summed E-state index contributed by atoms with van der Waals surface area (Å²) in [6.45, 7) is 1.56. The standard InChI is InChI=1S/C20H28N8OS2/c1-26-10-9-16(25-26)18-22-24-20(27(18)12-15-8-5-11-29-15)31-13-17-21-23-19(30)28(17)14-6-3-2-4-7-14/h9-10,14-15H,2-8,11-13H2,1H3,(H,23,30)/t15-/m1/s1. The van der Waals surface area contributed by atoms with Gasteiger partial charge in [-0.3, -0.25) is 14.3 Å². The van der Waals surface area contributed by atoms with Crippen LogP contribution in [0.5, 0.6) is 0 Å². The molecule has 1 saturated heterocycles. The molecule has 2 fully saturated rings. The lowest BCUT2D eigenvalue weighted by Crippen LogP contribution is -2.17. The van der Waals surface area contributed by atoms with Gasteiger partial charge in [-0.05, 0) is 44.0 Å². The maximum absolute atomic E-state index is 5.90. The number of aromatic nitrogens is 8. The molecule has 5 rings (SSSR count). The first-order valence-electron chi connectivity index (χ1n) is 11.0. The Morgan fingerprint density at radius 2 is 2.06 bits per heavy atom. The molecule has 2 aliphatic rings.